The van der Waals surface area contributed by atoms with Crippen molar-refractivity contribution in [3.8, 4) is 6.07 Å². The van der Waals surface area contributed by atoms with Crippen LogP contribution < -0.4 is 0 Å². The summed E-state index contributed by atoms with van der Waals surface area (Å²) in [5.74, 6) is 0.331. The Bertz CT molecular complexity index is 204. The highest BCUT2D eigenvalue weighted by Crippen LogP contribution is 2.18. The molecule has 19 heavy (non-hydrogen) atoms. The molecule has 0 saturated heterocycles. The van der Waals surface area contributed by atoms with Crippen molar-refractivity contribution in [1.29, 1.82) is 5.26 Å². The second-order valence-electron chi connectivity index (χ2n) is 5.94. The summed E-state index contributed by atoms with van der Waals surface area (Å²) in [7, 11) is 0. The highest BCUT2D eigenvalue weighted by atomic mass is 14.3. The highest BCUT2D eigenvalue weighted by molar-refractivity contribution is 4.82. The van der Waals surface area contributed by atoms with Gasteiger partial charge in [-0.3, -0.25) is 0 Å². The van der Waals surface area contributed by atoms with E-state index in [0.717, 1.165) is 12.8 Å². The molecular formula is C18H35N. The van der Waals surface area contributed by atoms with Crippen LogP contribution in [0.25, 0.3) is 0 Å². The third-order valence-electron chi connectivity index (χ3n) is 3.99. The van der Waals surface area contributed by atoms with Crippen LogP contribution in [0.4, 0.5) is 0 Å². The first kappa shape index (κ1) is 18.5. The Labute approximate surface area is 121 Å². The van der Waals surface area contributed by atoms with Crippen molar-refractivity contribution >= 4 is 0 Å². The van der Waals surface area contributed by atoms with Crippen LogP contribution in [0.2, 0.25) is 0 Å². The smallest absolute Gasteiger partial charge is 0.0655 e. The topological polar surface area (TPSA) is 23.8 Å². The molecule has 0 bridgehead atoms. The Morgan fingerprint density at radius 1 is 0.632 bits per heavy atom. The number of nitriles is 1. The van der Waals surface area contributed by atoms with Gasteiger partial charge in [0.05, 0.1) is 6.07 Å². The molecule has 112 valence electrons. The van der Waals surface area contributed by atoms with Crippen molar-refractivity contribution in [2.75, 3.05) is 0 Å². The zero-order valence-electron chi connectivity index (χ0n) is 13.4. The van der Waals surface area contributed by atoms with Crippen LogP contribution in [0.3, 0.4) is 0 Å². The molecule has 0 spiro atoms. The minimum Gasteiger partial charge on any atom is -0.198 e. The maximum atomic E-state index is 9.13. The van der Waals surface area contributed by atoms with E-state index in [0.29, 0.717) is 5.92 Å². The SMILES string of the molecule is CCCCCCCCCCC(C#N)CCCCCC. The van der Waals surface area contributed by atoms with E-state index in [2.05, 4.69) is 19.9 Å². The molecule has 0 aromatic carbocycles. The summed E-state index contributed by atoms with van der Waals surface area (Å²) in [4.78, 5) is 0. The van der Waals surface area contributed by atoms with Gasteiger partial charge in [-0.05, 0) is 12.8 Å². The van der Waals surface area contributed by atoms with E-state index in [1.54, 1.807) is 0 Å². The fourth-order valence-corrected chi connectivity index (χ4v) is 2.62. The molecule has 0 rings (SSSR count). The van der Waals surface area contributed by atoms with E-state index in [-0.39, 0.29) is 0 Å². The molecule has 0 aromatic rings. The lowest BCUT2D eigenvalue weighted by Gasteiger charge is -2.08. The zero-order chi connectivity index (χ0) is 14.2. The molecule has 0 radical (unpaired) electrons. The van der Waals surface area contributed by atoms with Gasteiger partial charge in [0.2, 0.25) is 0 Å². The molecule has 0 heterocycles. The van der Waals surface area contributed by atoms with Gasteiger partial charge in [0.25, 0.3) is 0 Å². The molecule has 0 amide bonds. The maximum Gasteiger partial charge on any atom is 0.0655 e. The molecule has 0 aromatic heterocycles. The van der Waals surface area contributed by atoms with E-state index in [9.17, 15) is 0 Å². The number of unbranched alkanes of at least 4 members (excludes halogenated alkanes) is 10. The van der Waals surface area contributed by atoms with Crippen molar-refractivity contribution in [2.45, 2.75) is 104 Å². The molecule has 0 fully saturated rings. The first-order valence-corrected chi connectivity index (χ1v) is 8.74. The van der Waals surface area contributed by atoms with E-state index in [1.165, 1.54) is 77.0 Å². The monoisotopic (exact) mass is 265 g/mol. The Balaban J connectivity index is 3.29. The molecule has 0 aliphatic rings. The summed E-state index contributed by atoms with van der Waals surface area (Å²) in [6, 6.07) is 2.50. The van der Waals surface area contributed by atoms with Crippen LogP contribution in [0.15, 0.2) is 0 Å². The number of nitrogens with zero attached hydrogens (tertiary/aromatic N) is 1. The predicted octanol–water partition coefficient (Wildman–Crippen LogP) is 6.63. The molecule has 1 heteroatoms. The van der Waals surface area contributed by atoms with Crippen molar-refractivity contribution in [3.63, 3.8) is 0 Å². The quantitative estimate of drug-likeness (QED) is 0.323. The Morgan fingerprint density at radius 2 is 1.00 bits per heavy atom. The third-order valence-corrected chi connectivity index (χ3v) is 3.99. The molecule has 0 aliphatic carbocycles. The average Bonchev–Trinajstić information content (AvgIpc) is 2.44. The lowest BCUT2D eigenvalue weighted by Crippen LogP contribution is -1.97. The molecule has 1 nitrogen and oxygen atoms in total. The van der Waals surface area contributed by atoms with Crippen molar-refractivity contribution in [3.05, 3.63) is 0 Å². The predicted molar refractivity (Wildman–Crippen MR) is 85.1 cm³/mol. The van der Waals surface area contributed by atoms with Gasteiger partial charge >= 0.3 is 0 Å². The largest absolute Gasteiger partial charge is 0.198 e. The first-order valence-electron chi connectivity index (χ1n) is 8.74. The average molecular weight is 265 g/mol. The van der Waals surface area contributed by atoms with Gasteiger partial charge in [-0.2, -0.15) is 5.26 Å². The van der Waals surface area contributed by atoms with E-state index >= 15 is 0 Å². The van der Waals surface area contributed by atoms with E-state index in [1.807, 2.05) is 0 Å². The van der Waals surface area contributed by atoms with Crippen LogP contribution in [0, 0.1) is 17.2 Å². The number of rotatable bonds is 14. The van der Waals surface area contributed by atoms with Crippen molar-refractivity contribution in [1.82, 2.24) is 0 Å². The lowest BCUT2D eigenvalue weighted by atomic mass is 9.95. The summed E-state index contributed by atoms with van der Waals surface area (Å²) in [6.07, 6.45) is 18.4. The summed E-state index contributed by atoms with van der Waals surface area (Å²) in [5.41, 5.74) is 0. The second kappa shape index (κ2) is 15.5. The minimum atomic E-state index is 0.331. The summed E-state index contributed by atoms with van der Waals surface area (Å²) in [6.45, 7) is 4.50. The van der Waals surface area contributed by atoms with Gasteiger partial charge in [0, 0.05) is 5.92 Å². The summed E-state index contributed by atoms with van der Waals surface area (Å²) < 4.78 is 0. The van der Waals surface area contributed by atoms with Crippen LogP contribution in [-0.2, 0) is 0 Å². The highest BCUT2D eigenvalue weighted by Gasteiger charge is 2.06. The third kappa shape index (κ3) is 13.7. The van der Waals surface area contributed by atoms with Gasteiger partial charge in [-0.15, -0.1) is 0 Å². The Morgan fingerprint density at radius 3 is 1.42 bits per heavy atom. The second-order valence-corrected chi connectivity index (χ2v) is 5.94. The van der Waals surface area contributed by atoms with Gasteiger partial charge in [-0.1, -0.05) is 90.9 Å². The molecule has 0 N–H and O–H groups in total. The van der Waals surface area contributed by atoms with E-state index < -0.39 is 0 Å². The Hall–Kier alpha value is -0.510. The first-order chi connectivity index (χ1) is 9.35. The number of hydrogen-bond acceptors (Lipinski definition) is 1. The molecule has 1 atom stereocenters. The van der Waals surface area contributed by atoms with Crippen molar-refractivity contribution < 1.29 is 0 Å². The molecule has 1 unspecified atom stereocenters. The van der Waals surface area contributed by atoms with Crippen LogP contribution >= 0.6 is 0 Å². The van der Waals surface area contributed by atoms with Crippen LogP contribution in [-0.4, -0.2) is 0 Å². The van der Waals surface area contributed by atoms with Gasteiger partial charge in [-0.25, -0.2) is 0 Å². The lowest BCUT2D eigenvalue weighted by molar-refractivity contribution is 0.474. The summed E-state index contributed by atoms with van der Waals surface area (Å²) >= 11 is 0. The van der Waals surface area contributed by atoms with Gasteiger partial charge < -0.3 is 0 Å². The fraction of sp³-hybridized carbons (Fsp3) is 0.944. The van der Waals surface area contributed by atoms with Gasteiger partial charge in [0.15, 0.2) is 0 Å². The maximum absolute atomic E-state index is 9.13. The molecular weight excluding hydrogens is 230 g/mol. The van der Waals surface area contributed by atoms with E-state index in [4.69, 9.17) is 5.26 Å². The van der Waals surface area contributed by atoms with Crippen molar-refractivity contribution in [2.24, 2.45) is 5.92 Å². The summed E-state index contributed by atoms with van der Waals surface area (Å²) in [5, 5.41) is 9.13. The van der Waals surface area contributed by atoms with Crippen LogP contribution in [0.1, 0.15) is 104 Å². The molecule has 0 aliphatic heterocycles. The van der Waals surface area contributed by atoms with Gasteiger partial charge in [0.1, 0.15) is 0 Å². The van der Waals surface area contributed by atoms with Crippen LogP contribution in [0.5, 0.6) is 0 Å². The number of hydrogen-bond donors (Lipinski definition) is 0. The minimum absolute atomic E-state index is 0.331. The standard InChI is InChI=1S/C18H35N/c1-3-5-7-9-10-11-12-14-16-18(17-19)15-13-8-6-4-2/h18H,3-16H2,1-2H3. The molecule has 0 saturated carbocycles. The zero-order valence-corrected chi connectivity index (χ0v) is 13.4. The fourth-order valence-electron chi connectivity index (χ4n) is 2.62. The Kier molecular flexibility index (Phi) is 15.1. The normalized spacial score (nSPS) is 12.3.